The van der Waals surface area contributed by atoms with Crippen LogP contribution >= 0.6 is 27.5 Å². The van der Waals surface area contributed by atoms with Gasteiger partial charge < -0.3 is 0 Å². The van der Waals surface area contributed by atoms with Gasteiger partial charge in [-0.1, -0.05) is 27.5 Å². The molecule has 0 bridgehead atoms. The van der Waals surface area contributed by atoms with Gasteiger partial charge in [0.1, 0.15) is 11.9 Å². The van der Waals surface area contributed by atoms with Gasteiger partial charge in [-0.2, -0.15) is 5.26 Å². The summed E-state index contributed by atoms with van der Waals surface area (Å²) in [7, 11) is -4.00. The molecule has 0 spiro atoms. The first-order valence-corrected chi connectivity index (χ1v) is 8.16. The van der Waals surface area contributed by atoms with Crippen LogP contribution in [0.25, 0.3) is 0 Å². The molecule has 0 saturated heterocycles. The fourth-order valence-electron chi connectivity index (χ4n) is 1.53. The monoisotopic (exact) mass is 388 g/mol. The first-order chi connectivity index (χ1) is 9.83. The zero-order valence-electron chi connectivity index (χ0n) is 10.3. The van der Waals surface area contributed by atoms with Crippen LogP contribution in [-0.2, 0) is 10.0 Å². The van der Waals surface area contributed by atoms with E-state index in [-0.39, 0.29) is 21.2 Å². The lowest BCUT2D eigenvalue weighted by Crippen LogP contribution is -2.14. The molecular formula is C13H7BrClFN2O2S. The topological polar surface area (TPSA) is 70.0 Å². The van der Waals surface area contributed by atoms with Gasteiger partial charge in [0.15, 0.2) is 0 Å². The Morgan fingerprint density at radius 2 is 1.95 bits per heavy atom. The van der Waals surface area contributed by atoms with Gasteiger partial charge in [-0.3, -0.25) is 4.72 Å². The Labute approximate surface area is 134 Å². The lowest BCUT2D eigenvalue weighted by molar-refractivity contribution is 0.598. The standard InChI is InChI=1S/C13H7BrClFN2O2S/c14-9-2-4-13(12(16)5-9)18-21(19,20)10-3-1-8(7-17)11(15)6-10/h1-6,18H. The summed E-state index contributed by atoms with van der Waals surface area (Å²) in [5, 5.41) is 8.77. The Morgan fingerprint density at radius 3 is 2.52 bits per heavy atom. The van der Waals surface area contributed by atoms with Crippen molar-refractivity contribution in [3.05, 3.63) is 57.3 Å². The number of benzene rings is 2. The van der Waals surface area contributed by atoms with E-state index in [9.17, 15) is 12.8 Å². The predicted octanol–water partition coefficient (Wildman–Crippen LogP) is 3.91. The van der Waals surface area contributed by atoms with Crippen molar-refractivity contribution in [2.45, 2.75) is 4.90 Å². The smallest absolute Gasteiger partial charge is 0.262 e. The molecular weight excluding hydrogens is 383 g/mol. The molecule has 0 saturated carbocycles. The predicted molar refractivity (Wildman–Crippen MR) is 81.1 cm³/mol. The third kappa shape index (κ3) is 3.53. The molecule has 4 nitrogen and oxygen atoms in total. The van der Waals surface area contributed by atoms with E-state index in [0.29, 0.717) is 4.47 Å². The summed E-state index contributed by atoms with van der Waals surface area (Å²) in [6.07, 6.45) is 0. The zero-order valence-corrected chi connectivity index (χ0v) is 13.4. The third-order valence-electron chi connectivity index (χ3n) is 2.55. The average molecular weight is 390 g/mol. The summed E-state index contributed by atoms with van der Waals surface area (Å²) < 4.78 is 40.6. The molecule has 0 radical (unpaired) electrons. The first-order valence-electron chi connectivity index (χ1n) is 5.51. The third-order valence-corrected chi connectivity index (χ3v) is 4.72. The van der Waals surface area contributed by atoms with E-state index in [2.05, 4.69) is 20.7 Å². The van der Waals surface area contributed by atoms with E-state index in [0.717, 1.165) is 12.1 Å². The molecule has 0 heterocycles. The molecule has 0 fully saturated rings. The normalized spacial score (nSPS) is 11.0. The van der Waals surface area contributed by atoms with Gasteiger partial charge in [-0.25, -0.2) is 12.8 Å². The van der Waals surface area contributed by atoms with Gasteiger partial charge in [0, 0.05) is 4.47 Å². The van der Waals surface area contributed by atoms with Gasteiger partial charge in [-0.05, 0) is 36.4 Å². The van der Waals surface area contributed by atoms with Crippen LogP contribution in [0.2, 0.25) is 5.02 Å². The molecule has 2 rings (SSSR count). The van der Waals surface area contributed by atoms with Crippen LogP contribution in [0, 0.1) is 17.1 Å². The summed E-state index contributed by atoms with van der Waals surface area (Å²) in [5.74, 6) is -0.715. The van der Waals surface area contributed by atoms with Crippen molar-refractivity contribution in [1.82, 2.24) is 0 Å². The Morgan fingerprint density at radius 1 is 1.24 bits per heavy atom. The molecule has 8 heteroatoms. The SMILES string of the molecule is N#Cc1ccc(S(=O)(=O)Nc2ccc(Br)cc2F)cc1Cl. The van der Waals surface area contributed by atoms with Crippen LogP contribution in [0.3, 0.4) is 0 Å². The maximum Gasteiger partial charge on any atom is 0.262 e. The summed E-state index contributed by atoms with van der Waals surface area (Å²) in [6.45, 7) is 0. The number of nitriles is 1. The van der Waals surface area contributed by atoms with Gasteiger partial charge in [0.2, 0.25) is 0 Å². The molecule has 0 aromatic heterocycles. The van der Waals surface area contributed by atoms with E-state index in [1.165, 1.54) is 24.3 Å². The van der Waals surface area contributed by atoms with Crippen molar-refractivity contribution in [1.29, 1.82) is 5.26 Å². The van der Waals surface area contributed by atoms with E-state index < -0.39 is 15.8 Å². The number of halogens is 3. The van der Waals surface area contributed by atoms with Gasteiger partial charge in [0.05, 0.1) is 21.2 Å². The van der Waals surface area contributed by atoms with Crippen molar-refractivity contribution in [2.75, 3.05) is 4.72 Å². The minimum absolute atomic E-state index is 0.0108. The summed E-state index contributed by atoms with van der Waals surface area (Å²) in [5.41, 5.74) is -0.0240. The highest BCUT2D eigenvalue weighted by Crippen LogP contribution is 2.25. The minimum Gasteiger partial charge on any atom is -0.277 e. The molecule has 108 valence electrons. The molecule has 0 aliphatic rings. The number of hydrogen-bond acceptors (Lipinski definition) is 3. The second kappa shape index (κ2) is 6.02. The summed E-state index contributed by atoms with van der Waals surface area (Å²) in [4.78, 5) is -0.159. The Hall–Kier alpha value is -1.62. The Kier molecular flexibility index (Phi) is 4.52. The fourth-order valence-corrected chi connectivity index (χ4v) is 3.24. The molecule has 2 aromatic rings. The molecule has 21 heavy (non-hydrogen) atoms. The molecule has 0 unspecified atom stereocenters. The number of nitrogens with zero attached hydrogens (tertiary/aromatic N) is 1. The number of rotatable bonds is 3. The summed E-state index contributed by atoms with van der Waals surface area (Å²) in [6, 6.07) is 9.42. The van der Waals surface area contributed by atoms with Crippen molar-refractivity contribution >= 4 is 43.2 Å². The zero-order chi connectivity index (χ0) is 15.6. The van der Waals surface area contributed by atoms with Crippen LogP contribution in [0.15, 0.2) is 45.8 Å². The van der Waals surface area contributed by atoms with Gasteiger partial charge in [-0.15, -0.1) is 0 Å². The molecule has 0 atom stereocenters. The van der Waals surface area contributed by atoms with E-state index >= 15 is 0 Å². The lowest BCUT2D eigenvalue weighted by atomic mass is 10.2. The first kappa shape index (κ1) is 15.8. The van der Waals surface area contributed by atoms with Crippen molar-refractivity contribution in [3.63, 3.8) is 0 Å². The van der Waals surface area contributed by atoms with Crippen LogP contribution in [0.5, 0.6) is 0 Å². The number of sulfonamides is 1. The second-order valence-electron chi connectivity index (χ2n) is 3.98. The average Bonchev–Trinajstić information content (AvgIpc) is 2.42. The van der Waals surface area contributed by atoms with E-state index in [4.69, 9.17) is 16.9 Å². The number of anilines is 1. The Bertz CT molecular complexity index is 850. The lowest BCUT2D eigenvalue weighted by Gasteiger charge is -2.09. The molecule has 0 aliphatic carbocycles. The van der Waals surface area contributed by atoms with Crippen LogP contribution < -0.4 is 4.72 Å². The quantitative estimate of drug-likeness (QED) is 0.865. The van der Waals surface area contributed by atoms with Crippen LogP contribution in [-0.4, -0.2) is 8.42 Å². The fraction of sp³-hybridized carbons (Fsp3) is 0. The van der Waals surface area contributed by atoms with Crippen LogP contribution in [0.4, 0.5) is 10.1 Å². The maximum atomic E-state index is 13.7. The largest absolute Gasteiger partial charge is 0.277 e. The van der Waals surface area contributed by atoms with Crippen LogP contribution in [0.1, 0.15) is 5.56 Å². The van der Waals surface area contributed by atoms with E-state index in [1.54, 1.807) is 0 Å². The minimum atomic E-state index is -4.00. The van der Waals surface area contributed by atoms with Gasteiger partial charge >= 0.3 is 0 Å². The second-order valence-corrected chi connectivity index (χ2v) is 6.99. The van der Waals surface area contributed by atoms with Crippen molar-refractivity contribution in [2.24, 2.45) is 0 Å². The number of nitrogens with one attached hydrogen (secondary N) is 1. The molecule has 0 amide bonds. The van der Waals surface area contributed by atoms with Crippen molar-refractivity contribution < 1.29 is 12.8 Å². The molecule has 2 aromatic carbocycles. The highest BCUT2D eigenvalue weighted by Gasteiger charge is 2.17. The highest BCUT2D eigenvalue weighted by molar-refractivity contribution is 9.10. The van der Waals surface area contributed by atoms with E-state index in [1.807, 2.05) is 6.07 Å². The molecule has 1 N–H and O–H groups in total. The Balaban J connectivity index is 2.39. The van der Waals surface area contributed by atoms with Gasteiger partial charge in [0.25, 0.3) is 10.0 Å². The maximum absolute atomic E-state index is 13.7. The molecule has 0 aliphatic heterocycles. The highest BCUT2D eigenvalue weighted by atomic mass is 79.9. The summed E-state index contributed by atoms with van der Waals surface area (Å²) >= 11 is 8.88. The van der Waals surface area contributed by atoms with Crippen molar-refractivity contribution in [3.8, 4) is 6.07 Å². The number of hydrogen-bond donors (Lipinski definition) is 1.